The first-order chi connectivity index (χ1) is 19.1. The number of amides is 1. The number of rotatable bonds is 8. The number of hydrogen-bond donors (Lipinski definition) is 2. The summed E-state index contributed by atoms with van der Waals surface area (Å²) in [7, 11) is 1.78. The molecule has 204 valence electrons. The second-order valence-corrected chi connectivity index (χ2v) is 10.5. The molecule has 2 aliphatic heterocycles. The van der Waals surface area contributed by atoms with E-state index in [1.165, 1.54) is 25.5 Å². The van der Waals surface area contributed by atoms with E-state index >= 15 is 0 Å². The van der Waals surface area contributed by atoms with E-state index in [2.05, 4.69) is 27.8 Å². The molecule has 2 saturated carbocycles. The number of ether oxygens (including phenoxy) is 1. The molecular weight excluding hydrogens is 490 g/mol. The van der Waals surface area contributed by atoms with Gasteiger partial charge in [0.2, 0.25) is 5.91 Å². The first-order valence-electron chi connectivity index (χ1n) is 14.0. The summed E-state index contributed by atoms with van der Waals surface area (Å²) in [6.07, 6.45) is 11.1. The van der Waals surface area contributed by atoms with E-state index in [-0.39, 0.29) is 12.0 Å². The van der Waals surface area contributed by atoms with Crippen molar-refractivity contribution in [2.24, 2.45) is 0 Å². The van der Waals surface area contributed by atoms with Crippen molar-refractivity contribution in [2.45, 2.75) is 57.0 Å². The Morgan fingerprint density at radius 1 is 1.18 bits per heavy atom. The second-order valence-electron chi connectivity index (χ2n) is 10.5. The maximum absolute atomic E-state index is 12.6. The monoisotopic (exact) mass is 527 g/mol. The van der Waals surface area contributed by atoms with Crippen molar-refractivity contribution in [1.82, 2.24) is 14.9 Å². The van der Waals surface area contributed by atoms with Gasteiger partial charge in [-0.1, -0.05) is 25.8 Å². The van der Waals surface area contributed by atoms with Crippen LogP contribution in [0.3, 0.4) is 0 Å². The minimum Gasteiger partial charge on any atom is -0.377 e. The van der Waals surface area contributed by atoms with E-state index in [0.717, 1.165) is 42.7 Å². The fourth-order valence-corrected chi connectivity index (χ4v) is 4.90. The molecule has 4 fully saturated rings. The van der Waals surface area contributed by atoms with Gasteiger partial charge >= 0.3 is 0 Å². The zero-order valence-corrected chi connectivity index (χ0v) is 22.7. The molecule has 2 aromatic rings. The number of piperazine rings is 1. The van der Waals surface area contributed by atoms with E-state index in [4.69, 9.17) is 15.1 Å². The summed E-state index contributed by atoms with van der Waals surface area (Å²) >= 11 is 0. The first kappa shape index (κ1) is 26.8. The Kier molecular flexibility index (Phi) is 8.22. The molecule has 9 nitrogen and oxygen atoms in total. The average Bonchev–Trinajstić information content (AvgIpc) is 3.85. The number of anilines is 2. The van der Waals surface area contributed by atoms with Crippen molar-refractivity contribution in [3.8, 4) is 17.2 Å². The summed E-state index contributed by atoms with van der Waals surface area (Å²) < 4.78 is 5.42. The minimum absolute atomic E-state index is 0.0695. The lowest BCUT2D eigenvalue weighted by atomic mass is 9.95. The molecule has 2 aliphatic carbocycles. The standard InChI is InChI=1S/C27H31N7O2.C3H6/c1-3-19-13-21(23(16-29)26(30-2)31-19)22-12-18(15-28)27(32-25(22)17-4-5-17)34-9-7-33(8-10-34)24(35)14-20-6-11-36-20;1-2-3-1/h3,12-13,16-17,20,29H,1,4-11,14H2,2H3,(H,30,31);1-3H2. The molecule has 0 bridgehead atoms. The highest BCUT2D eigenvalue weighted by atomic mass is 16.5. The van der Waals surface area contributed by atoms with Crippen molar-refractivity contribution in [1.29, 1.82) is 10.7 Å². The number of carbonyl (C=O) groups excluding carboxylic acids is 1. The fourth-order valence-electron chi connectivity index (χ4n) is 4.90. The summed E-state index contributed by atoms with van der Waals surface area (Å²) in [6, 6.07) is 6.17. The van der Waals surface area contributed by atoms with Crippen LogP contribution in [0.1, 0.15) is 73.4 Å². The van der Waals surface area contributed by atoms with Gasteiger partial charge in [-0.05, 0) is 43.0 Å². The van der Waals surface area contributed by atoms with Gasteiger partial charge in [0.15, 0.2) is 0 Å². The van der Waals surface area contributed by atoms with Crippen LogP contribution in [0.5, 0.6) is 0 Å². The van der Waals surface area contributed by atoms with Crippen LogP contribution in [0, 0.1) is 16.7 Å². The molecule has 0 radical (unpaired) electrons. The average molecular weight is 528 g/mol. The quantitative estimate of drug-likeness (QED) is 0.483. The largest absolute Gasteiger partial charge is 0.377 e. The number of nitrogens with one attached hydrogen (secondary N) is 2. The van der Waals surface area contributed by atoms with E-state index in [1.54, 1.807) is 13.1 Å². The highest BCUT2D eigenvalue weighted by molar-refractivity contribution is 5.96. The summed E-state index contributed by atoms with van der Waals surface area (Å²) in [6.45, 7) is 7.09. The molecule has 4 aliphatic rings. The molecular formula is C30H37N7O2. The van der Waals surface area contributed by atoms with E-state index < -0.39 is 0 Å². The third-order valence-electron chi connectivity index (χ3n) is 7.56. The SMILES string of the molecule is C1CC1.C=Cc1cc(-c2cc(C#N)c(N3CCN(C(=O)CC4CCO4)CC3)nc2C2CC2)c(C=N)c(NC)n1. The van der Waals surface area contributed by atoms with Gasteiger partial charge in [-0.25, -0.2) is 9.97 Å². The fraction of sp³-hybridized carbons (Fsp3) is 0.500. The van der Waals surface area contributed by atoms with Gasteiger partial charge < -0.3 is 25.3 Å². The van der Waals surface area contributed by atoms with Crippen molar-refractivity contribution in [3.05, 3.63) is 41.2 Å². The van der Waals surface area contributed by atoms with Gasteiger partial charge in [0, 0.05) is 63.1 Å². The van der Waals surface area contributed by atoms with Crippen molar-refractivity contribution in [2.75, 3.05) is 50.1 Å². The number of nitrogens with zero attached hydrogens (tertiary/aromatic N) is 5. The Labute approximate surface area is 230 Å². The van der Waals surface area contributed by atoms with Gasteiger partial charge in [-0.2, -0.15) is 5.26 Å². The van der Waals surface area contributed by atoms with Crippen LogP contribution in [0.2, 0.25) is 0 Å². The minimum atomic E-state index is 0.0695. The molecule has 0 spiro atoms. The van der Waals surface area contributed by atoms with Gasteiger partial charge in [0.25, 0.3) is 0 Å². The number of pyridine rings is 2. The van der Waals surface area contributed by atoms with Crippen molar-refractivity contribution < 1.29 is 9.53 Å². The lowest BCUT2D eigenvalue weighted by Crippen LogP contribution is -2.50. The van der Waals surface area contributed by atoms with Crippen LogP contribution < -0.4 is 10.2 Å². The normalized spacial score (nSPS) is 19.6. The lowest BCUT2D eigenvalue weighted by molar-refractivity contribution is -0.139. The maximum atomic E-state index is 12.6. The van der Waals surface area contributed by atoms with Crippen LogP contribution in [0.25, 0.3) is 17.2 Å². The molecule has 2 saturated heterocycles. The van der Waals surface area contributed by atoms with Crippen LogP contribution >= 0.6 is 0 Å². The van der Waals surface area contributed by atoms with E-state index in [1.807, 2.05) is 17.0 Å². The Hall–Kier alpha value is -3.77. The molecule has 2 N–H and O–H groups in total. The predicted octanol–water partition coefficient (Wildman–Crippen LogP) is 4.57. The number of aromatic nitrogens is 2. The summed E-state index contributed by atoms with van der Waals surface area (Å²) in [5.41, 5.74) is 4.49. The van der Waals surface area contributed by atoms with Gasteiger partial charge in [0.1, 0.15) is 17.7 Å². The first-order valence-corrected chi connectivity index (χ1v) is 14.0. The lowest BCUT2D eigenvalue weighted by Gasteiger charge is -2.37. The zero-order chi connectivity index (χ0) is 27.4. The molecule has 1 amide bonds. The van der Waals surface area contributed by atoms with Crippen LogP contribution in [-0.2, 0) is 9.53 Å². The zero-order valence-electron chi connectivity index (χ0n) is 22.7. The Bertz CT molecular complexity index is 1280. The van der Waals surface area contributed by atoms with Crippen LogP contribution in [-0.4, -0.2) is 72.9 Å². The number of hydrogen-bond acceptors (Lipinski definition) is 8. The Morgan fingerprint density at radius 2 is 1.90 bits per heavy atom. The van der Waals surface area contributed by atoms with E-state index in [9.17, 15) is 10.1 Å². The third kappa shape index (κ3) is 6.12. The van der Waals surface area contributed by atoms with Crippen molar-refractivity contribution in [3.63, 3.8) is 0 Å². The van der Waals surface area contributed by atoms with Gasteiger partial charge in [-0.3, -0.25) is 4.79 Å². The second kappa shape index (κ2) is 12.0. The van der Waals surface area contributed by atoms with E-state index in [0.29, 0.717) is 67.0 Å². The Balaban J connectivity index is 0.000000962. The topological polar surface area (TPSA) is 118 Å². The molecule has 4 heterocycles. The molecule has 2 aromatic heterocycles. The molecule has 9 heteroatoms. The smallest absolute Gasteiger partial charge is 0.225 e. The molecule has 39 heavy (non-hydrogen) atoms. The Morgan fingerprint density at radius 3 is 2.41 bits per heavy atom. The highest BCUT2D eigenvalue weighted by Gasteiger charge is 2.33. The highest BCUT2D eigenvalue weighted by Crippen LogP contribution is 2.46. The van der Waals surface area contributed by atoms with Gasteiger partial charge in [-0.15, -0.1) is 0 Å². The van der Waals surface area contributed by atoms with Crippen molar-refractivity contribution >= 4 is 29.8 Å². The maximum Gasteiger partial charge on any atom is 0.225 e. The van der Waals surface area contributed by atoms with Crippen LogP contribution in [0.4, 0.5) is 11.6 Å². The number of nitriles is 1. The summed E-state index contributed by atoms with van der Waals surface area (Å²) in [4.78, 5) is 26.2. The molecule has 6 rings (SSSR count). The molecule has 1 unspecified atom stereocenters. The summed E-state index contributed by atoms with van der Waals surface area (Å²) in [5.74, 6) is 1.74. The van der Waals surface area contributed by atoms with Crippen LogP contribution in [0.15, 0.2) is 18.7 Å². The van der Waals surface area contributed by atoms with Gasteiger partial charge in [0.05, 0.1) is 29.5 Å². The predicted molar refractivity (Wildman–Crippen MR) is 153 cm³/mol. The number of carbonyl (C=O) groups is 1. The molecule has 1 atom stereocenters. The molecule has 0 aromatic carbocycles. The summed E-state index contributed by atoms with van der Waals surface area (Å²) in [5, 5.41) is 21.2. The third-order valence-corrected chi connectivity index (χ3v) is 7.56.